The molecule has 2 heterocycles. The number of nitrogen functional groups attached to an aromatic ring is 1. The quantitative estimate of drug-likeness (QED) is 0.101. The summed E-state index contributed by atoms with van der Waals surface area (Å²) in [7, 11) is 1.92. The molecule has 4 aromatic rings. The van der Waals surface area contributed by atoms with Gasteiger partial charge in [-0.1, -0.05) is 6.07 Å². The number of rotatable bonds is 11. The highest BCUT2D eigenvalue weighted by atomic mass is 16.5. The molecule has 0 radical (unpaired) electrons. The summed E-state index contributed by atoms with van der Waals surface area (Å²) in [6.07, 6.45) is 1.67. The number of carboxylic acids is 1. The van der Waals surface area contributed by atoms with Gasteiger partial charge in [-0.05, 0) is 61.5 Å². The van der Waals surface area contributed by atoms with E-state index in [4.69, 9.17) is 35.9 Å². The minimum Gasteiger partial charge on any atom is -0.480 e. The lowest BCUT2D eigenvalue weighted by molar-refractivity contribution is -0.143. The van der Waals surface area contributed by atoms with Gasteiger partial charge in [0, 0.05) is 36.6 Å². The summed E-state index contributed by atoms with van der Waals surface area (Å²) in [5.41, 5.74) is 9.07. The highest BCUT2D eigenvalue weighted by Gasteiger charge is 2.21. The van der Waals surface area contributed by atoms with Crippen LogP contribution in [-0.2, 0) is 27.9 Å². The monoisotopic (exact) mass is 575 g/mol. The first-order valence-electron chi connectivity index (χ1n) is 13.0. The van der Waals surface area contributed by atoms with Crippen LogP contribution in [0, 0.1) is 5.41 Å². The fourth-order valence-corrected chi connectivity index (χ4v) is 3.92. The maximum absolute atomic E-state index is 13.5. The standard InChI is InChI=1S/C27H29N7O3.C2H4O3/c1-3-37-25(35)13-15-34(23-6-4-5-14-30-23)27(36)19-9-12-22-21(16-19)32-24(33(22)2)17-31-20-10-7-18(8-11-20)26(28)29;3-1-2(4)5/h4-12,14,16,31H,3,13,15,17H2,1-2H3,(H3,28,29);3H,1H2,(H,4,5). The number of pyridine rings is 1. The number of imidazole rings is 1. The van der Waals surface area contributed by atoms with E-state index in [0.717, 1.165) is 17.0 Å². The highest BCUT2D eigenvalue weighted by molar-refractivity contribution is 6.07. The molecule has 0 aliphatic rings. The number of nitrogens with two attached hydrogens (primary N) is 1. The molecule has 0 unspecified atom stereocenters. The molecular weight excluding hydrogens is 542 g/mol. The van der Waals surface area contributed by atoms with E-state index in [1.54, 1.807) is 55.6 Å². The number of aromatic nitrogens is 3. The molecule has 13 nitrogen and oxygen atoms in total. The van der Waals surface area contributed by atoms with Crippen molar-refractivity contribution in [2.75, 3.05) is 30.0 Å². The number of carbonyl (C=O) groups is 3. The molecule has 0 aliphatic carbocycles. The fourth-order valence-electron chi connectivity index (χ4n) is 3.92. The van der Waals surface area contributed by atoms with Gasteiger partial charge in [-0.3, -0.25) is 19.9 Å². The first kappa shape index (κ1) is 31.2. The summed E-state index contributed by atoms with van der Waals surface area (Å²) in [6.45, 7) is 1.86. The Morgan fingerprint density at radius 2 is 1.79 bits per heavy atom. The zero-order valence-corrected chi connectivity index (χ0v) is 23.3. The number of aliphatic hydroxyl groups is 1. The lowest BCUT2D eigenvalue weighted by Gasteiger charge is -2.21. The van der Waals surface area contributed by atoms with Crippen LogP contribution in [0.1, 0.15) is 35.1 Å². The van der Waals surface area contributed by atoms with Crippen molar-refractivity contribution in [2.45, 2.75) is 19.9 Å². The number of fused-ring (bicyclic) bond motifs is 1. The van der Waals surface area contributed by atoms with Crippen molar-refractivity contribution in [1.29, 1.82) is 5.41 Å². The van der Waals surface area contributed by atoms with Crippen molar-refractivity contribution < 1.29 is 29.3 Å². The molecule has 13 heteroatoms. The number of nitrogens with zero attached hydrogens (tertiary/aromatic N) is 4. The lowest BCUT2D eigenvalue weighted by Crippen LogP contribution is -2.34. The molecule has 0 bridgehead atoms. The minimum atomic E-state index is -1.19. The van der Waals surface area contributed by atoms with Crippen LogP contribution >= 0.6 is 0 Å². The number of hydrogen-bond acceptors (Lipinski definition) is 9. The normalized spacial score (nSPS) is 10.4. The average molecular weight is 576 g/mol. The highest BCUT2D eigenvalue weighted by Crippen LogP contribution is 2.21. The Kier molecular flexibility index (Phi) is 11.1. The van der Waals surface area contributed by atoms with Gasteiger partial charge in [0.25, 0.3) is 5.91 Å². The van der Waals surface area contributed by atoms with Gasteiger partial charge in [-0.25, -0.2) is 14.8 Å². The van der Waals surface area contributed by atoms with E-state index in [9.17, 15) is 9.59 Å². The predicted octanol–water partition coefficient (Wildman–Crippen LogP) is 2.53. The fraction of sp³-hybridized carbons (Fsp3) is 0.241. The maximum Gasteiger partial charge on any atom is 0.329 e. The van der Waals surface area contributed by atoms with Crippen LogP contribution in [0.2, 0.25) is 0 Å². The minimum absolute atomic E-state index is 0.0229. The van der Waals surface area contributed by atoms with E-state index in [1.165, 1.54) is 4.90 Å². The Morgan fingerprint density at radius 1 is 1.10 bits per heavy atom. The van der Waals surface area contributed by atoms with E-state index in [0.29, 0.717) is 29.0 Å². The molecule has 0 spiro atoms. The van der Waals surface area contributed by atoms with Crippen molar-refractivity contribution in [3.63, 3.8) is 0 Å². The molecule has 42 heavy (non-hydrogen) atoms. The number of amides is 1. The number of anilines is 2. The van der Waals surface area contributed by atoms with Crippen LogP contribution in [-0.4, -0.2) is 68.2 Å². The van der Waals surface area contributed by atoms with Crippen molar-refractivity contribution in [2.24, 2.45) is 12.8 Å². The van der Waals surface area contributed by atoms with Crippen molar-refractivity contribution in [3.05, 3.63) is 83.8 Å². The Bertz CT molecular complexity index is 1540. The number of nitrogens with one attached hydrogen (secondary N) is 2. The van der Waals surface area contributed by atoms with Crippen LogP contribution in [0.4, 0.5) is 11.5 Å². The van der Waals surface area contributed by atoms with E-state index < -0.39 is 12.6 Å². The lowest BCUT2D eigenvalue weighted by atomic mass is 10.1. The Hall–Kier alpha value is -5.30. The van der Waals surface area contributed by atoms with Gasteiger partial charge in [0.05, 0.1) is 30.6 Å². The number of aliphatic hydroxyl groups excluding tert-OH is 1. The molecule has 220 valence electrons. The number of aryl methyl sites for hydroxylation is 1. The summed E-state index contributed by atoms with van der Waals surface area (Å²) in [6, 6.07) is 18.0. The number of aliphatic carboxylic acids is 1. The second-order valence-electron chi connectivity index (χ2n) is 8.89. The van der Waals surface area contributed by atoms with Gasteiger partial charge in [-0.2, -0.15) is 0 Å². The van der Waals surface area contributed by atoms with Gasteiger partial charge in [0.1, 0.15) is 24.1 Å². The average Bonchev–Trinajstić information content (AvgIpc) is 3.31. The van der Waals surface area contributed by atoms with Crippen LogP contribution in [0.5, 0.6) is 0 Å². The molecule has 0 saturated heterocycles. The summed E-state index contributed by atoms with van der Waals surface area (Å²) < 4.78 is 7.00. The van der Waals surface area contributed by atoms with E-state index in [2.05, 4.69) is 10.3 Å². The molecule has 1 amide bonds. The summed E-state index contributed by atoms with van der Waals surface area (Å²) >= 11 is 0. The van der Waals surface area contributed by atoms with Gasteiger partial charge >= 0.3 is 11.9 Å². The van der Waals surface area contributed by atoms with Crippen molar-refractivity contribution in [3.8, 4) is 0 Å². The number of hydrogen-bond donors (Lipinski definition) is 5. The first-order valence-corrected chi connectivity index (χ1v) is 13.0. The molecule has 0 aliphatic heterocycles. The number of benzene rings is 2. The molecular formula is C29H33N7O6. The molecule has 4 rings (SSSR count). The maximum atomic E-state index is 13.5. The zero-order chi connectivity index (χ0) is 30.6. The topological polar surface area (TPSA) is 197 Å². The first-order chi connectivity index (χ1) is 20.1. The van der Waals surface area contributed by atoms with Crippen molar-refractivity contribution >= 4 is 46.2 Å². The van der Waals surface area contributed by atoms with E-state index in [-0.39, 0.29) is 37.3 Å². The van der Waals surface area contributed by atoms with Gasteiger partial charge in [0.2, 0.25) is 0 Å². The molecule has 0 fully saturated rings. The van der Waals surface area contributed by atoms with Crippen LogP contribution in [0.15, 0.2) is 66.9 Å². The number of esters is 1. The zero-order valence-electron chi connectivity index (χ0n) is 23.3. The van der Waals surface area contributed by atoms with Crippen LogP contribution in [0.3, 0.4) is 0 Å². The molecule has 0 atom stereocenters. The number of carbonyl (C=O) groups excluding carboxylic acids is 2. The summed E-state index contributed by atoms with van der Waals surface area (Å²) in [5.74, 6) is -0.567. The van der Waals surface area contributed by atoms with Gasteiger partial charge in [-0.15, -0.1) is 0 Å². The Morgan fingerprint density at radius 3 is 2.38 bits per heavy atom. The summed E-state index contributed by atoms with van der Waals surface area (Å²) in [5, 5.41) is 25.8. The SMILES string of the molecule is CCOC(=O)CCN(C(=O)c1ccc2c(c1)nc(CNc1ccc(C(=N)N)cc1)n2C)c1ccccn1.O=C(O)CO. The molecule has 2 aromatic carbocycles. The predicted molar refractivity (Wildman–Crippen MR) is 157 cm³/mol. The third-order valence-electron chi connectivity index (χ3n) is 6.02. The second-order valence-corrected chi connectivity index (χ2v) is 8.89. The smallest absolute Gasteiger partial charge is 0.329 e. The van der Waals surface area contributed by atoms with E-state index in [1.807, 2.05) is 29.8 Å². The van der Waals surface area contributed by atoms with E-state index >= 15 is 0 Å². The number of amidine groups is 1. The van der Waals surface area contributed by atoms with Gasteiger partial charge in [0.15, 0.2) is 0 Å². The Balaban J connectivity index is 0.000000892. The molecule has 6 N–H and O–H groups in total. The summed E-state index contributed by atoms with van der Waals surface area (Å²) in [4.78, 5) is 45.1. The van der Waals surface area contributed by atoms with Crippen LogP contribution < -0.4 is 16.0 Å². The largest absolute Gasteiger partial charge is 0.480 e. The molecule has 2 aromatic heterocycles. The third-order valence-corrected chi connectivity index (χ3v) is 6.02. The van der Waals surface area contributed by atoms with Crippen LogP contribution in [0.25, 0.3) is 11.0 Å². The van der Waals surface area contributed by atoms with Gasteiger partial charge < -0.3 is 30.6 Å². The number of carboxylic acid groups (broad SMARTS) is 1. The number of ether oxygens (including phenoxy) is 1. The third kappa shape index (κ3) is 8.35. The Labute approximate surface area is 242 Å². The second kappa shape index (κ2) is 14.9. The van der Waals surface area contributed by atoms with Crippen molar-refractivity contribution in [1.82, 2.24) is 14.5 Å². The molecule has 0 saturated carbocycles.